The fourth-order valence-electron chi connectivity index (χ4n) is 2.49. The van der Waals surface area contributed by atoms with E-state index in [2.05, 4.69) is 18.3 Å². The molecule has 1 N–H and O–H groups in total. The van der Waals surface area contributed by atoms with Crippen LogP contribution in [-0.2, 0) is 0 Å². The highest BCUT2D eigenvalue weighted by Crippen LogP contribution is 2.35. The van der Waals surface area contributed by atoms with E-state index in [0.29, 0.717) is 6.04 Å². The van der Waals surface area contributed by atoms with E-state index in [1.165, 1.54) is 32.1 Å². The monoisotopic (exact) mass is 192 g/mol. The van der Waals surface area contributed by atoms with E-state index < -0.39 is 0 Å². The zero-order valence-electron chi connectivity index (χ0n) is 9.05. The Labute approximate surface area is 86.7 Å². The van der Waals surface area contributed by atoms with Crippen molar-refractivity contribution in [1.29, 1.82) is 5.26 Å². The Morgan fingerprint density at radius 2 is 1.93 bits per heavy atom. The average Bonchev–Trinajstić information content (AvgIpc) is 3.03. The predicted molar refractivity (Wildman–Crippen MR) is 56.8 cm³/mol. The second-order valence-corrected chi connectivity index (χ2v) is 4.96. The Morgan fingerprint density at radius 3 is 2.36 bits per heavy atom. The smallest absolute Gasteiger partial charge is 0.107 e. The molecule has 0 amide bonds. The first-order chi connectivity index (χ1) is 6.78. The summed E-state index contributed by atoms with van der Waals surface area (Å²) in [6.45, 7) is 2.26. The van der Waals surface area contributed by atoms with Gasteiger partial charge in [0, 0.05) is 6.04 Å². The quantitative estimate of drug-likeness (QED) is 0.746. The van der Waals surface area contributed by atoms with Crippen LogP contribution in [0, 0.1) is 17.2 Å². The fraction of sp³-hybridized carbons (Fsp3) is 0.917. The molecule has 2 heteroatoms. The third-order valence-electron chi connectivity index (χ3n) is 3.81. The van der Waals surface area contributed by atoms with Crippen molar-refractivity contribution >= 4 is 0 Å². The molecule has 2 nitrogen and oxygen atoms in total. The Hall–Kier alpha value is -0.550. The predicted octanol–water partition coefficient (Wildman–Crippen LogP) is 2.60. The highest BCUT2D eigenvalue weighted by molar-refractivity contribution is 5.11. The van der Waals surface area contributed by atoms with Gasteiger partial charge < -0.3 is 0 Å². The lowest BCUT2D eigenvalue weighted by Gasteiger charge is -2.35. The van der Waals surface area contributed by atoms with Gasteiger partial charge in [-0.1, -0.05) is 13.3 Å². The summed E-state index contributed by atoms with van der Waals surface area (Å²) in [6, 6.07) is 3.18. The molecule has 0 aromatic heterocycles. The first kappa shape index (κ1) is 9.98. The van der Waals surface area contributed by atoms with Gasteiger partial charge in [0.15, 0.2) is 0 Å². The molecule has 0 bridgehead atoms. The third kappa shape index (κ3) is 2.09. The molecule has 2 saturated carbocycles. The molecule has 0 aromatic rings. The Balaban J connectivity index is 1.90. The van der Waals surface area contributed by atoms with Crippen LogP contribution in [0.4, 0.5) is 0 Å². The molecule has 0 atom stereocenters. The Morgan fingerprint density at radius 1 is 1.29 bits per heavy atom. The summed E-state index contributed by atoms with van der Waals surface area (Å²) in [7, 11) is 0. The van der Waals surface area contributed by atoms with Crippen molar-refractivity contribution in [1.82, 2.24) is 5.32 Å². The van der Waals surface area contributed by atoms with Crippen molar-refractivity contribution in [3.8, 4) is 6.07 Å². The lowest BCUT2D eigenvalue weighted by molar-refractivity contribution is 0.232. The van der Waals surface area contributed by atoms with Crippen LogP contribution in [0.2, 0.25) is 0 Å². The van der Waals surface area contributed by atoms with Gasteiger partial charge in [0.2, 0.25) is 0 Å². The largest absolute Gasteiger partial charge is 0.297 e. The lowest BCUT2D eigenvalue weighted by Crippen LogP contribution is -2.47. The number of nitrogens with one attached hydrogen (secondary N) is 1. The minimum Gasteiger partial charge on any atom is -0.297 e. The first-order valence-electron chi connectivity index (χ1n) is 5.97. The van der Waals surface area contributed by atoms with Gasteiger partial charge in [0.25, 0.3) is 0 Å². The number of nitrogens with zero attached hydrogens (tertiary/aromatic N) is 1. The molecule has 0 aliphatic heterocycles. The van der Waals surface area contributed by atoms with Gasteiger partial charge in [-0.15, -0.1) is 0 Å². The van der Waals surface area contributed by atoms with Gasteiger partial charge in [-0.25, -0.2) is 0 Å². The standard InChI is InChI=1S/C12H20N2/c1-2-10-5-7-12(9-13,8-6-10)14-11-3-4-11/h10-11,14H,2-8H2,1H3. The molecular weight excluding hydrogens is 172 g/mol. The minimum atomic E-state index is -0.160. The summed E-state index contributed by atoms with van der Waals surface area (Å²) in [4.78, 5) is 0. The van der Waals surface area contributed by atoms with Gasteiger partial charge in [0.1, 0.15) is 5.54 Å². The molecular formula is C12H20N2. The van der Waals surface area contributed by atoms with Crippen LogP contribution < -0.4 is 5.32 Å². The van der Waals surface area contributed by atoms with E-state index in [1.807, 2.05) is 0 Å². The maximum Gasteiger partial charge on any atom is 0.107 e. The topological polar surface area (TPSA) is 35.8 Å². The summed E-state index contributed by atoms with van der Waals surface area (Å²) in [5.41, 5.74) is -0.160. The van der Waals surface area contributed by atoms with E-state index in [0.717, 1.165) is 18.8 Å². The normalized spacial score (nSPS) is 37.9. The molecule has 14 heavy (non-hydrogen) atoms. The van der Waals surface area contributed by atoms with Crippen LogP contribution in [0.15, 0.2) is 0 Å². The van der Waals surface area contributed by atoms with Crippen molar-refractivity contribution in [2.24, 2.45) is 5.92 Å². The first-order valence-corrected chi connectivity index (χ1v) is 5.97. The Bertz CT molecular complexity index is 229. The molecule has 2 aliphatic rings. The van der Waals surface area contributed by atoms with E-state index >= 15 is 0 Å². The third-order valence-corrected chi connectivity index (χ3v) is 3.81. The van der Waals surface area contributed by atoms with Crippen LogP contribution in [0.3, 0.4) is 0 Å². The zero-order valence-corrected chi connectivity index (χ0v) is 9.05. The summed E-state index contributed by atoms with van der Waals surface area (Å²) in [5.74, 6) is 0.873. The van der Waals surface area contributed by atoms with Crippen molar-refractivity contribution in [2.75, 3.05) is 0 Å². The van der Waals surface area contributed by atoms with Gasteiger partial charge >= 0.3 is 0 Å². The van der Waals surface area contributed by atoms with Crippen LogP contribution >= 0.6 is 0 Å². The molecule has 0 spiro atoms. The van der Waals surface area contributed by atoms with Crippen LogP contribution in [-0.4, -0.2) is 11.6 Å². The van der Waals surface area contributed by atoms with Crippen molar-refractivity contribution in [2.45, 2.75) is 63.5 Å². The second-order valence-electron chi connectivity index (χ2n) is 4.96. The molecule has 2 aliphatic carbocycles. The molecule has 0 aromatic carbocycles. The van der Waals surface area contributed by atoms with Gasteiger partial charge in [-0.2, -0.15) is 5.26 Å². The van der Waals surface area contributed by atoms with E-state index in [-0.39, 0.29) is 5.54 Å². The van der Waals surface area contributed by atoms with E-state index in [1.54, 1.807) is 0 Å². The molecule has 0 unspecified atom stereocenters. The fourth-order valence-corrected chi connectivity index (χ4v) is 2.49. The number of nitriles is 1. The van der Waals surface area contributed by atoms with E-state index in [9.17, 15) is 5.26 Å². The second kappa shape index (κ2) is 3.90. The maximum atomic E-state index is 9.26. The number of hydrogen-bond donors (Lipinski definition) is 1. The summed E-state index contributed by atoms with van der Waals surface area (Å²) < 4.78 is 0. The van der Waals surface area contributed by atoms with Crippen molar-refractivity contribution in [3.05, 3.63) is 0 Å². The highest BCUT2D eigenvalue weighted by Gasteiger charge is 2.39. The molecule has 0 radical (unpaired) electrons. The van der Waals surface area contributed by atoms with Gasteiger partial charge in [-0.05, 0) is 44.4 Å². The molecule has 0 saturated heterocycles. The zero-order chi connectivity index (χ0) is 10.0. The molecule has 2 fully saturated rings. The summed E-state index contributed by atoms with van der Waals surface area (Å²) in [5, 5.41) is 12.8. The van der Waals surface area contributed by atoms with E-state index in [4.69, 9.17) is 0 Å². The van der Waals surface area contributed by atoms with Crippen LogP contribution in [0.5, 0.6) is 0 Å². The Kier molecular flexibility index (Phi) is 2.78. The summed E-state index contributed by atoms with van der Waals surface area (Å²) in [6.07, 6.45) is 8.46. The molecule has 2 rings (SSSR count). The van der Waals surface area contributed by atoms with Gasteiger partial charge in [0.05, 0.1) is 6.07 Å². The molecule has 78 valence electrons. The number of hydrogen-bond acceptors (Lipinski definition) is 2. The van der Waals surface area contributed by atoms with Crippen LogP contribution in [0.1, 0.15) is 51.9 Å². The lowest BCUT2D eigenvalue weighted by atomic mass is 9.76. The average molecular weight is 192 g/mol. The van der Waals surface area contributed by atoms with Crippen LogP contribution in [0.25, 0.3) is 0 Å². The minimum absolute atomic E-state index is 0.160. The maximum absolute atomic E-state index is 9.26. The highest BCUT2D eigenvalue weighted by atomic mass is 15.0. The summed E-state index contributed by atoms with van der Waals surface area (Å²) >= 11 is 0. The number of rotatable bonds is 3. The molecule has 0 heterocycles. The van der Waals surface area contributed by atoms with Crippen molar-refractivity contribution in [3.63, 3.8) is 0 Å². The van der Waals surface area contributed by atoms with Crippen molar-refractivity contribution < 1.29 is 0 Å². The van der Waals surface area contributed by atoms with Gasteiger partial charge in [-0.3, -0.25) is 5.32 Å². The SMILES string of the molecule is CCC1CCC(C#N)(NC2CC2)CC1.